The SMILES string of the molecule is NCCc1cc(Br)cc2c1NC(=O)C2. The van der Waals surface area contributed by atoms with Crippen LogP contribution < -0.4 is 11.1 Å². The molecule has 2 rings (SSSR count). The molecule has 0 radical (unpaired) electrons. The standard InChI is InChI=1S/C10H11BrN2O/c11-8-3-6(1-2-12)10-7(4-8)5-9(14)13-10/h3-4H,1-2,5,12H2,(H,13,14). The van der Waals surface area contributed by atoms with Crippen molar-refractivity contribution in [2.24, 2.45) is 5.73 Å². The van der Waals surface area contributed by atoms with E-state index in [0.717, 1.165) is 27.7 Å². The molecule has 14 heavy (non-hydrogen) atoms. The van der Waals surface area contributed by atoms with Gasteiger partial charge in [0, 0.05) is 10.2 Å². The molecule has 0 fully saturated rings. The van der Waals surface area contributed by atoms with Crippen LogP contribution in [-0.4, -0.2) is 12.5 Å². The van der Waals surface area contributed by atoms with Crippen molar-refractivity contribution in [2.45, 2.75) is 12.8 Å². The molecule has 1 amide bonds. The Morgan fingerprint density at radius 2 is 2.29 bits per heavy atom. The molecule has 0 aliphatic carbocycles. The summed E-state index contributed by atoms with van der Waals surface area (Å²) in [6.07, 6.45) is 1.27. The van der Waals surface area contributed by atoms with Gasteiger partial charge in [0.25, 0.3) is 0 Å². The maximum Gasteiger partial charge on any atom is 0.228 e. The van der Waals surface area contributed by atoms with Crippen molar-refractivity contribution in [3.05, 3.63) is 27.7 Å². The highest BCUT2D eigenvalue weighted by Crippen LogP contribution is 2.30. The summed E-state index contributed by atoms with van der Waals surface area (Å²) in [6, 6.07) is 3.99. The van der Waals surface area contributed by atoms with Gasteiger partial charge in [-0.3, -0.25) is 4.79 Å². The van der Waals surface area contributed by atoms with Gasteiger partial charge in [-0.05, 0) is 36.2 Å². The number of halogens is 1. The van der Waals surface area contributed by atoms with Crippen LogP contribution in [0, 0.1) is 0 Å². The molecular weight excluding hydrogens is 244 g/mol. The Balaban J connectivity index is 2.46. The predicted molar refractivity (Wildman–Crippen MR) is 59.2 cm³/mol. The van der Waals surface area contributed by atoms with Crippen molar-refractivity contribution >= 4 is 27.5 Å². The van der Waals surface area contributed by atoms with E-state index in [1.165, 1.54) is 0 Å². The summed E-state index contributed by atoms with van der Waals surface area (Å²) in [5.41, 5.74) is 8.65. The van der Waals surface area contributed by atoms with Gasteiger partial charge >= 0.3 is 0 Å². The lowest BCUT2D eigenvalue weighted by Crippen LogP contribution is -2.07. The van der Waals surface area contributed by atoms with Gasteiger partial charge in [0.2, 0.25) is 5.91 Å². The Hall–Kier alpha value is -0.870. The van der Waals surface area contributed by atoms with Crippen LogP contribution in [0.1, 0.15) is 11.1 Å². The zero-order valence-electron chi connectivity index (χ0n) is 7.64. The molecule has 0 unspecified atom stereocenters. The molecule has 0 atom stereocenters. The number of nitrogens with two attached hydrogens (primary N) is 1. The molecule has 1 aliphatic heterocycles. The fraction of sp³-hybridized carbons (Fsp3) is 0.300. The van der Waals surface area contributed by atoms with Crippen molar-refractivity contribution < 1.29 is 4.79 Å². The first kappa shape index (κ1) is 9.68. The second-order valence-corrected chi connectivity index (χ2v) is 4.28. The van der Waals surface area contributed by atoms with E-state index < -0.39 is 0 Å². The fourth-order valence-electron chi connectivity index (χ4n) is 1.73. The topological polar surface area (TPSA) is 55.1 Å². The van der Waals surface area contributed by atoms with Gasteiger partial charge in [0.05, 0.1) is 6.42 Å². The number of fused-ring (bicyclic) bond motifs is 1. The van der Waals surface area contributed by atoms with E-state index in [4.69, 9.17) is 5.73 Å². The second-order valence-electron chi connectivity index (χ2n) is 3.36. The number of amides is 1. The third-order valence-corrected chi connectivity index (χ3v) is 2.75. The Kier molecular flexibility index (Phi) is 2.56. The molecule has 3 nitrogen and oxygen atoms in total. The zero-order chi connectivity index (χ0) is 10.1. The van der Waals surface area contributed by atoms with E-state index in [1.54, 1.807) is 0 Å². The highest BCUT2D eigenvalue weighted by atomic mass is 79.9. The van der Waals surface area contributed by atoms with Crippen LogP contribution in [-0.2, 0) is 17.6 Å². The van der Waals surface area contributed by atoms with Gasteiger partial charge in [0.1, 0.15) is 0 Å². The summed E-state index contributed by atoms with van der Waals surface area (Å²) in [5, 5.41) is 2.86. The smallest absolute Gasteiger partial charge is 0.228 e. The second kappa shape index (κ2) is 3.71. The van der Waals surface area contributed by atoms with E-state index in [-0.39, 0.29) is 5.91 Å². The first-order chi connectivity index (χ1) is 6.70. The summed E-state index contributed by atoms with van der Waals surface area (Å²) in [7, 11) is 0. The first-order valence-electron chi connectivity index (χ1n) is 4.52. The van der Waals surface area contributed by atoms with E-state index >= 15 is 0 Å². The van der Waals surface area contributed by atoms with Crippen molar-refractivity contribution in [3.8, 4) is 0 Å². The van der Waals surface area contributed by atoms with E-state index in [9.17, 15) is 4.79 Å². The Morgan fingerprint density at radius 3 is 3.00 bits per heavy atom. The number of anilines is 1. The minimum atomic E-state index is 0.0661. The van der Waals surface area contributed by atoms with Crippen LogP contribution in [0.15, 0.2) is 16.6 Å². The molecular formula is C10H11BrN2O. The van der Waals surface area contributed by atoms with Crippen molar-refractivity contribution in [1.82, 2.24) is 0 Å². The Morgan fingerprint density at radius 1 is 1.50 bits per heavy atom. The van der Waals surface area contributed by atoms with Gasteiger partial charge in [-0.2, -0.15) is 0 Å². The summed E-state index contributed by atoms with van der Waals surface area (Å²) in [5.74, 6) is 0.0661. The number of hydrogen-bond donors (Lipinski definition) is 2. The number of benzene rings is 1. The van der Waals surface area contributed by atoms with Crippen molar-refractivity contribution in [3.63, 3.8) is 0 Å². The Bertz CT molecular complexity index is 390. The average molecular weight is 255 g/mol. The monoisotopic (exact) mass is 254 g/mol. The molecule has 1 heterocycles. The molecule has 0 saturated carbocycles. The van der Waals surface area contributed by atoms with Gasteiger partial charge < -0.3 is 11.1 Å². The van der Waals surface area contributed by atoms with E-state index in [2.05, 4.69) is 21.2 Å². The van der Waals surface area contributed by atoms with Gasteiger partial charge in [-0.1, -0.05) is 15.9 Å². The molecule has 0 aromatic heterocycles. The summed E-state index contributed by atoms with van der Waals surface area (Å²) < 4.78 is 1.01. The fourth-order valence-corrected chi connectivity index (χ4v) is 2.29. The Labute approximate surface area is 90.8 Å². The molecule has 1 aromatic rings. The van der Waals surface area contributed by atoms with Crippen LogP contribution >= 0.6 is 15.9 Å². The van der Waals surface area contributed by atoms with Crippen molar-refractivity contribution in [1.29, 1.82) is 0 Å². The lowest BCUT2D eigenvalue weighted by Gasteiger charge is -2.07. The van der Waals surface area contributed by atoms with Crippen LogP contribution in [0.3, 0.4) is 0 Å². The molecule has 0 spiro atoms. The number of nitrogens with one attached hydrogen (secondary N) is 1. The van der Waals surface area contributed by atoms with Gasteiger partial charge in [-0.25, -0.2) is 0 Å². The highest BCUT2D eigenvalue weighted by molar-refractivity contribution is 9.10. The first-order valence-corrected chi connectivity index (χ1v) is 5.31. The third-order valence-electron chi connectivity index (χ3n) is 2.30. The summed E-state index contributed by atoms with van der Waals surface area (Å²) in [4.78, 5) is 11.2. The molecule has 3 N–H and O–H groups in total. The summed E-state index contributed by atoms with van der Waals surface area (Å²) in [6.45, 7) is 0.596. The quantitative estimate of drug-likeness (QED) is 0.840. The normalized spacial score (nSPS) is 14.0. The molecule has 1 aromatic carbocycles. The van der Waals surface area contributed by atoms with Crippen LogP contribution in [0.25, 0.3) is 0 Å². The van der Waals surface area contributed by atoms with Crippen LogP contribution in [0.2, 0.25) is 0 Å². The minimum Gasteiger partial charge on any atom is -0.330 e. The summed E-state index contributed by atoms with van der Waals surface area (Å²) >= 11 is 3.43. The van der Waals surface area contributed by atoms with Gasteiger partial charge in [-0.15, -0.1) is 0 Å². The maximum atomic E-state index is 11.2. The molecule has 0 bridgehead atoms. The minimum absolute atomic E-state index is 0.0661. The number of rotatable bonds is 2. The van der Waals surface area contributed by atoms with E-state index in [0.29, 0.717) is 13.0 Å². The number of carbonyl (C=O) groups is 1. The van der Waals surface area contributed by atoms with Crippen molar-refractivity contribution in [2.75, 3.05) is 11.9 Å². The average Bonchev–Trinajstić information content (AvgIpc) is 2.45. The molecule has 1 aliphatic rings. The predicted octanol–water partition coefficient (Wildman–Crippen LogP) is 1.44. The van der Waals surface area contributed by atoms with Crippen LogP contribution in [0.5, 0.6) is 0 Å². The van der Waals surface area contributed by atoms with E-state index in [1.807, 2.05) is 12.1 Å². The lowest BCUT2D eigenvalue weighted by molar-refractivity contribution is -0.115. The third kappa shape index (κ3) is 1.67. The molecule has 4 heteroatoms. The van der Waals surface area contributed by atoms with Gasteiger partial charge in [0.15, 0.2) is 0 Å². The maximum absolute atomic E-state index is 11.2. The molecule has 74 valence electrons. The molecule has 0 saturated heterocycles. The highest BCUT2D eigenvalue weighted by Gasteiger charge is 2.20. The largest absolute Gasteiger partial charge is 0.330 e. The zero-order valence-corrected chi connectivity index (χ0v) is 9.23. The van der Waals surface area contributed by atoms with Crippen LogP contribution in [0.4, 0.5) is 5.69 Å². The lowest BCUT2D eigenvalue weighted by atomic mass is 10.1. The number of hydrogen-bond acceptors (Lipinski definition) is 2. The number of carbonyl (C=O) groups excluding carboxylic acids is 1.